The van der Waals surface area contributed by atoms with Crippen molar-refractivity contribution in [1.82, 2.24) is 4.57 Å². The number of rotatable bonds is 7. The summed E-state index contributed by atoms with van der Waals surface area (Å²) in [6.07, 6.45) is 0. The van der Waals surface area contributed by atoms with E-state index < -0.39 is 0 Å². The predicted molar refractivity (Wildman–Crippen MR) is 628 cm³/mol. The minimum Gasteiger partial charge on any atom is -0.309 e. The summed E-state index contributed by atoms with van der Waals surface area (Å²) in [5, 5.41) is 18.3. The molecule has 0 N–H and O–H groups in total. The number of hydrogen-bond acceptors (Lipinski definition) is 4. The lowest BCUT2D eigenvalue weighted by atomic mass is 9.70. The summed E-state index contributed by atoms with van der Waals surface area (Å²) in [5.41, 5.74) is 38.7. The van der Waals surface area contributed by atoms with E-state index in [0.717, 1.165) is 30.2 Å². The predicted octanol–water partition coefficient (Wildman–Crippen LogP) is 41.4. The molecular formula is C136H85Cl4NS4. The maximum atomic E-state index is 6.72. The highest BCUT2D eigenvalue weighted by Gasteiger charge is 2.52. The van der Waals surface area contributed by atoms with Gasteiger partial charge in [0.25, 0.3) is 0 Å². The van der Waals surface area contributed by atoms with Crippen LogP contribution in [0.1, 0.15) is 70.8 Å². The van der Waals surface area contributed by atoms with Gasteiger partial charge in [-0.25, -0.2) is 0 Å². The molecular weight excluding hydrogens is 1920 g/mol. The molecule has 1 spiro atoms. The summed E-state index contributed by atoms with van der Waals surface area (Å²) in [6.45, 7) is 7.05. The summed E-state index contributed by atoms with van der Waals surface area (Å²) < 4.78 is 12.5. The number of para-hydroxylation sites is 1. The Morgan fingerprint density at radius 3 is 1.41 bits per heavy atom. The Labute approximate surface area is 875 Å². The minimum atomic E-state index is -0.322. The molecule has 5 heterocycles. The van der Waals surface area contributed by atoms with Gasteiger partial charge in [-0.05, 0) is 278 Å². The van der Waals surface area contributed by atoms with Crippen LogP contribution in [-0.2, 0) is 16.2 Å². The van der Waals surface area contributed by atoms with Crippen molar-refractivity contribution in [3.8, 4) is 106 Å². The first-order valence-electron chi connectivity index (χ1n) is 49.2. The molecule has 4 aliphatic rings. The molecule has 0 amide bonds. The fraction of sp³-hybridized carbons (Fsp3) is 0.0441. The van der Waals surface area contributed by atoms with E-state index in [1.54, 1.807) is 22.7 Å². The zero-order valence-corrected chi connectivity index (χ0v) is 85.3. The second-order valence-corrected chi connectivity index (χ2v) is 45.2. The van der Waals surface area contributed by atoms with Crippen molar-refractivity contribution >= 4 is 205 Å². The molecule has 22 aromatic carbocycles. The summed E-state index contributed by atoms with van der Waals surface area (Å²) in [6, 6.07) is 168. The maximum absolute atomic E-state index is 6.72. The minimum absolute atomic E-state index is 0.0414. The van der Waals surface area contributed by atoms with E-state index in [4.69, 9.17) is 46.4 Å². The van der Waals surface area contributed by atoms with E-state index in [1.165, 1.54) is 259 Å². The van der Waals surface area contributed by atoms with Crippen LogP contribution in [0.5, 0.6) is 0 Å². The van der Waals surface area contributed by atoms with Crippen LogP contribution in [0.25, 0.3) is 219 Å². The lowest BCUT2D eigenvalue weighted by molar-refractivity contribution is 0.660. The third kappa shape index (κ3) is 13.8. The number of halogens is 4. The van der Waals surface area contributed by atoms with Gasteiger partial charge in [0.2, 0.25) is 0 Å². The van der Waals surface area contributed by atoms with Crippen LogP contribution in [0.15, 0.2) is 461 Å². The summed E-state index contributed by atoms with van der Waals surface area (Å²) in [4.78, 5) is 0. The monoisotopic (exact) mass is 2000 g/mol. The first-order chi connectivity index (χ1) is 71.2. The molecule has 0 radical (unpaired) electrons. The van der Waals surface area contributed by atoms with Crippen molar-refractivity contribution in [2.45, 2.75) is 37.0 Å². The van der Waals surface area contributed by atoms with E-state index >= 15 is 0 Å². The van der Waals surface area contributed by atoms with Crippen LogP contribution in [0.2, 0.25) is 20.1 Å². The van der Waals surface area contributed by atoms with E-state index in [0.29, 0.717) is 0 Å². The van der Waals surface area contributed by atoms with Crippen LogP contribution in [-0.4, -0.2) is 4.57 Å². The molecule has 1 atom stereocenters. The number of hydrogen-bond donors (Lipinski definition) is 0. The molecule has 31 rings (SSSR count). The Morgan fingerprint density at radius 1 is 0.221 bits per heavy atom. The highest BCUT2D eigenvalue weighted by atomic mass is 35.5. The molecule has 27 aromatic rings. The smallest absolute Gasteiger partial charge is 0.0725 e. The maximum Gasteiger partial charge on any atom is 0.0725 e. The zero-order chi connectivity index (χ0) is 96.8. The van der Waals surface area contributed by atoms with Crippen molar-refractivity contribution in [3.63, 3.8) is 0 Å². The SMILES string of the molecule is CC1(C)c2ccccc2-c2cc(-c3ccc4sc5cc(-c6ccc(Cl)cc6)ccc5c4c3)ccc21.CC1(c2ccccc2)c2ccccc2-c2cccc(-c3ccc4sc5c(Cl)cccc5c4c3)c21.Clc1ccc2c(c1)sc1cc(-c3ccc4c5ccccc5n(-c5cccc6ccccc56)c4c3)ccc12.Clc1cccc2sc3ccc(-c4cccc5c4-c4ccccc4C54c5ccccc5-c5ccccc54)cc3c12. The Kier molecular flexibility index (Phi) is 20.8. The molecule has 9 heteroatoms. The molecule has 686 valence electrons. The molecule has 5 aromatic heterocycles. The number of aromatic nitrogens is 1. The topological polar surface area (TPSA) is 4.93 Å². The molecule has 0 bridgehead atoms. The van der Waals surface area contributed by atoms with Crippen LogP contribution in [0.4, 0.5) is 0 Å². The third-order valence-electron chi connectivity index (χ3n) is 31.2. The fourth-order valence-corrected chi connectivity index (χ4v) is 30.1. The van der Waals surface area contributed by atoms with E-state index in [9.17, 15) is 0 Å². The van der Waals surface area contributed by atoms with E-state index in [2.05, 4.69) is 444 Å². The highest BCUT2D eigenvalue weighted by molar-refractivity contribution is 7.27. The van der Waals surface area contributed by atoms with Crippen LogP contribution >= 0.6 is 91.8 Å². The quantitative estimate of drug-likeness (QED) is 0.150. The molecule has 0 aliphatic heterocycles. The van der Waals surface area contributed by atoms with E-state index in [-0.39, 0.29) is 16.2 Å². The van der Waals surface area contributed by atoms with Gasteiger partial charge in [0.05, 0.1) is 31.9 Å². The zero-order valence-electron chi connectivity index (χ0n) is 79.0. The normalized spacial score (nSPS) is 14.0. The third-order valence-corrected chi connectivity index (χ3v) is 37.1. The highest BCUT2D eigenvalue weighted by Crippen LogP contribution is 2.65. The summed E-state index contributed by atoms with van der Waals surface area (Å²) in [7, 11) is 0. The van der Waals surface area contributed by atoms with Crippen molar-refractivity contribution in [2.24, 2.45) is 0 Å². The van der Waals surface area contributed by atoms with Gasteiger partial charge in [-0.15, -0.1) is 45.3 Å². The number of fused-ring (bicyclic) bond motifs is 32. The van der Waals surface area contributed by atoms with Crippen LogP contribution in [0.3, 0.4) is 0 Å². The molecule has 145 heavy (non-hydrogen) atoms. The second kappa shape index (κ2) is 34.3. The Morgan fingerprint density at radius 2 is 0.655 bits per heavy atom. The summed E-state index contributed by atoms with van der Waals surface area (Å²) in [5.74, 6) is 0. The van der Waals surface area contributed by atoms with Crippen LogP contribution < -0.4 is 0 Å². The Hall–Kier alpha value is -15.1. The molecule has 0 saturated carbocycles. The fourth-order valence-electron chi connectivity index (χ4n) is 24.6. The lowest BCUT2D eigenvalue weighted by Crippen LogP contribution is -2.25. The van der Waals surface area contributed by atoms with Crippen LogP contribution in [0, 0.1) is 0 Å². The van der Waals surface area contributed by atoms with Gasteiger partial charge in [-0.2, -0.15) is 0 Å². The van der Waals surface area contributed by atoms with Gasteiger partial charge in [0.1, 0.15) is 0 Å². The van der Waals surface area contributed by atoms with Crippen molar-refractivity contribution in [2.75, 3.05) is 0 Å². The van der Waals surface area contributed by atoms with Gasteiger partial charge in [-0.3, -0.25) is 0 Å². The largest absolute Gasteiger partial charge is 0.309 e. The molecule has 1 nitrogen and oxygen atoms in total. The Bertz CT molecular complexity index is 10100. The number of benzene rings is 22. The average Bonchev–Trinajstić information content (AvgIpc) is 1.50. The lowest BCUT2D eigenvalue weighted by Gasteiger charge is -2.30. The van der Waals surface area contributed by atoms with Gasteiger partial charge in [0, 0.05) is 118 Å². The standard InChI is InChI=1S/C37H21ClS.C34H20ClNS.C33H23ClS.C32H21ClS/c38-32-17-8-18-34-36(32)27-21-22(19-20-33(27)39-34)23-12-7-16-31-35(23)26-11-3-6-15-30(26)37(31)28-13-4-1-9-24(28)25-10-2-5-14-29(25)37;35-24-14-17-29-28-16-13-23(19-33(28)37-34(29)20-24)22-12-15-27-26-9-3-4-10-31(26)36(32(27)18-22)30-11-5-7-21-6-1-2-8-25(21)30;1-33(2)29-6-4-3-5-25(29)27-17-21(10-15-30(27)33)22-11-16-31-28(18-22)26-14-9-23(19-32(26)35-31)20-7-12-24(34)13-8-20;1-32(21-9-3-2-4-10-21)27-15-6-5-11-23(27)24-13-7-12-22(30(24)32)20-17-18-29-26(19-20)25-14-8-16-28(33)31(25)34-29/h1-21H;1-20H;3-19H,1-2H3;2-19H,1H3. The molecule has 0 fully saturated rings. The second-order valence-electron chi connectivity index (χ2n) is 39.2. The first kappa shape index (κ1) is 87.7. The van der Waals surface area contributed by atoms with E-state index in [1.807, 2.05) is 65.1 Å². The van der Waals surface area contributed by atoms with Gasteiger partial charge < -0.3 is 4.57 Å². The van der Waals surface area contributed by atoms with Crippen molar-refractivity contribution in [3.05, 3.63) is 531 Å². The van der Waals surface area contributed by atoms with Gasteiger partial charge >= 0.3 is 0 Å². The van der Waals surface area contributed by atoms with Gasteiger partial charge in [0.15, 0.2) is 0 Å². The number of thiophene rings is 4. The first-order valence-corrected chi connectivity index (χ1v) is 54.0. The number of nitrogens with zero attached hydrogens (tertiary/aromatic N) is 1. The van der Waals surface area contributed by atoms with Crippen molar-refractivity contribution < 1.29 is 0 Å². The Balaban J connectivity index is 0.0000000939. The molecule has 1 unspecified atom stereocenters. The molecule has 4 aliphatic carbocycles. The summed E-state index contributed by atoms with van der Waals surface area (Å²) >= 11 is 32.9. The van der Waals surface area contributed by atoms with Crippen molar-refractivity contribution in [1.29, 1.82) is 0 Å². The van der Waals surface area contributed by atoms with Gasteiger partial charge in [-0.1, -0.05) is 406 Å². The average molecular weight is 2000 g/mol. The molecule has 0 saturated heterocycles.